The van der Waals surface area contributed by atoms with Gasteiger partial charge in [-0.3, -0.25) is 24.2 Å². The molecule has 1 N–H and O–H groups in total. The van der Waals surface area contributed by atoms with Crippen molar-refractivity contribution in [1.82, 2.24) is 0 Å². The van der Waals surface area contributed by atoms with Gasteiger partial charge < -0.3 is 5.32 Å². The van der Waals surface area contributed by atoms with E-state index in [1.165, 1.54) is 21.6 Å². The summed E-state index contributed by atoms with van der Waals surface area (Å²) in [7, 11) is 0. The van der Waals surface area contributed by atoms with Crippen molar-refractivity contribution in [2.24, 2.45) is 0 Å². The molecule has 3 aromatic carbocycles. The topological polar surface area (TPSA) is 69.7 Å². The van der Waals surface area contributed by atoms with Gasteiger partial charge in [0.2, 0.25) is 16.7 Å². The highest BCUT2D eigenvalue weighted by molar-refractivity contribution is 8.02. The molecule has 3 aromatic rings. The molecule has 2 heterocycles. The molecule has 0 saturated carbocycles. The number of hydrogen-bond donors (Lipinski definition) is 1. The second-order valence-electron chi connectivity index (χ2n) is 7.91. The number of hydrogen-bond acceptors (Lipinski definition) is 4. The molecule has 6 nitrogen and oxygen atoms in total. The lowest BCUT2D eigenvalue weighted by Gasteiger charge is -2.33. The quantitative estimate of drug-likeness (QED) is 0.597. The molecule has 1 saturated heterocycles. The van der Waals surface area contributed by atoms with Crippen LogP contribution in [0, 0.1) is 6.92 Å². The van der Waals surface area contributed by atoms with Crippen LogP contribution < -0.4 is 15.1 Å². The van der Waals surface area contributed by atoms with Crippen LogP contribution in [0.1, 0.15) is 11.1 Å². The highest BCUT2D eigenvalue weighted by Crippen LogP contribution is 2.55. The Morgan fingerprint density at radius 2 is 1.82 bits per heavy atom. The minimum atomic E-state index is -1.28. The molecule has 0 aliphatic carbocycles. The molecule has 0 aromatic heterocycles. The van der Waals surface area contributed by atoms with E-state index in [9.17, 15) is 14.4 Å². The van der Waals surface area contributed by atoms with Gasteiger partial charge >= 0.3 is 0 Å². The average molecular weight is 478 g/mol. The van der Waals surface area contributed by atoms with Gasteiger partial charge in [-0.05, 0) is 42.8 Å². The molecule has 2 aliphatic heterocycles. The normalized spacial score (nSPS) is 19.3. The van der Waals surface area contributed by atoms with E-state index in [0.717, 1.165) is 5.56 Å². The number of carbonyl (C=O) groups excluding carboxylic acids is 3. The van der Waals surface area contributed by atoms with Crippen molar-refractivity contribution in [3.05, 3.63) is 88.9 Å². The molecule has 166 valence electrons. The molecule has 1 fully saturated rings. The molecule has 5 rings (SSSR count). The van der Waals surface area contributed by atoms with Crippen LogP contribution in [-0.4, -0.2) is 30.0 Å². The maximum absolute atomic E-state index is 14.0. The number of rotatable bonds is 4. The SMILES string of the molecule is Cc1ccccc1NC(=O)CN1C(=O)[C@@]2(SCC(=O)N2c2cccc(Cl)c2)c2ccccc21. The fourth-order valence-corrected chi connectivity index (χ4v) is 5.92. The Labute approximate surface area is 200 Å². The van der Waals surface area contributed by atoms with E-state index in [4.69, 9.17) is 11.6 Å². The summed E-state index contributed by atoms with van der Waals surface area (Å²) in [6, 6.07) is 21.7. The van der Waals surface area contributed by atoms with Crippen molar-refractivity contribution < 1.29 is 14.4 Å². The van der Waals surface area contributed by atoms with Crippen molar-refractivity contribution in [2.75, 3.05) is 27.4 Å². The van der Waals surface area contributed by atoms with Crippen molar-refractivity contribution >= 4 is 58.1 Å². The second kappa shape index (κ2) is 8.24. The number of nitrogens with zero attached hydrogens (tertiary/aromatic N) is 2. The van der Waals surface area contributed by atoms with E-state index < -0.39 is 4.87 Å². The van der Waals surface area contributed by atoms with E-state index >= 15 is 0 Å². The number of fused-ring (bicyclic) bond motifs is 2. The number of aryl methyl sites for hydroxylation is 1. The summed E-state index contributed by atoms with van der Waals surface area (Å²) in [6.07, 6.45) is 0. The first kappa shape index (κ1) is 21.6. The van der Waals surface area contributed by atoms with Crippen LogP contribution in [0.5, 0.6) is 0 Å². The van der Waals surface area contributed by atoms with Crippen molar-refractivity contribution in [1.29, 1.82) is 0 Å². The van der Waals surface area contributed by atoms with Gasteiger partial charge in [-0.2, -0.15) is 0 Å². The summed E-state index contributed by atoms with van der Waals surface area (Å²) in [6.45, 7) is 1.74. The number of nitrogens with one attached hydrogen (secondary N) is 1. The third kappa shape index (κ3) is 3.48. The molecule has 0 unspecified atom stereocenters. The van der Waals surface area contributed by atoms with Crippen molar-refractivity contribution in [3.63, 3.8) is 0 Å². The molecule has 0 bridgehead atoms. The summed E-state index contributed by atoms with van der Waals surface area (Å²) < 4.78 is 0. The predicted octanol–water partition coefficient (Wildman–Crippen LogP) is 4.57. The van der Waals surface area contributed by atoms with Gasteiger partial charge in [-0.1, -0.05) is 54.1 Å². The van der Waals surface area contributed by atoms with Crippen LogP contribution >= 0.6 is 23.4 Å². The molecule has 1 atom stereocenters. The number of thioether (sulfide) groups is 1. The Hall–Kier alpha value is -3.29. The minimum Gasteiger partial charge on any atom is -0.324 e. The van der Waals surface area contributed by atoms with Crippen molar-refractivity contribution in [3.8, 4) is 0 Å². The lowest BCUT2D eigenvalue weighted by Crippen LogP contribution is -2.50. The fourth-order valence-electron chi connectivity index (χ4n) is 4.37. The smallest absolute Gasteiger partial charge is 0.269 e. The summed E-state index contributed by atoms with van der Waals surface area (Å²) in [5, 5.41) is 3.36. The first-order valence-corrected chi connectivity index (χ1v) is 11.8. The maximum Gasteiger partial charge on any atom is 0.269 e. The van der Waals surface area contributed by atoms with Gasteiger partial charge in [0.1, 0.15) is 6.54 Å². The third-order valence-electron chi connectivity index (χ3n) is 5.85. The highest BCUT2D eigenvalue weighted by atomic mass is 35.5. The Kier molecular flexibility index (Phi) is 5.38. The Balaban J connectivity index is 1.53. The molecular formula is C25H20ClN3O3S. The third-order valence-corrected chi connectivity index (χ3v) is 7.47. The van der Waals surface area contributed by atoms with E-state index in [-0.39, 0.29) is 30.0 Å². The largest absolute Gasteiger partial charge is 0.324 e. The van der Waals surface area contributed by atoms with Crippen molar-refractivity contribution in [2.45, 2.75) is 11.8 Å². The molecule has 0 radical (unpaired) electrons. The monoisotopic (exact) mass is 477 g/mol. The first-order valence-electron chi connectivity index (χ1n) is 10.4. The van der Waals surface area contributed by atoms with E-state index in [1.54, 1.807) is 24.3 Å². The summed E-state index contributed by atoms with van der Waals surface area (Å²) in [5.74, 6) is -0.667. The lowest BCUT2D eigenvalue weighted by atomic mass is 10.0. The summed E-state index contributed by atoms with van der Waals surface area (Å²) >= 11 is 7.46. The number of para-hydroxylation sites is 2. The molecule has 33 heavy (non-hydrogen) atoms. The fraction of sp³-hybridized carbons (Fsp3) is 0.160. The van der Waals surface area contributed by atoms with Crippen LogP contribution in [0.15, 0.2) is 72.8 Å². The average Bonchev–Trinajstić information content (AvgIpc) is 3.26. The number of anilines is 3. The number of amides is 3. The van der Waals surface area contributed by atoms with E-state index in [2.05, 4.69) is 5.32 Å². The van der Waals surface area contributed by atoms with Gasteiger partial charge in [0, 0.05) is 22.0 Å². The number of benzene rings is 3. The lowest BCUT2D eigenvalue weighted by molar-refractivity contribution is -0.124. The zero-order valence-electron chi connectivity index (χ0n) is 17.7. The van der Waals surface area contributed by atoms with E-state index in [0.29, 0.717) is 27.6 Å². The number of carbonyl (C=O) groups is 3. The van der Waals surface area contributed by atoms with Gasteiger partial charge in [-0.15, -0.1) is 11.8 Å². The van der Waals surface area contributed by atoms with E-state index in [1.807, 2.05) is 55.5 Å². The predicted molar refractivity (Wildman–Crippen MR) is 132 cm³/mol. The van der Waals surface area contributed by atoms with Crippen LogP contribution in [0.4, 0.5) is 17.1 Å². The molecule has 8 heteroatoms. The molecule has 3 amide bonds. The van der Waals surface area contributed by atoms with Gasteiger partial charge in [0.05, 0.1) is 11.4 Å². The van der Waals surface area contributed by atoms with Gasteiger partial charge in [-0.25, -0.2) is 0 Å². The zero-order valence-corrected chi connectivity index (χ0v) is 19.3. The van der Waals surface area contributed by atoms with Gasteiger partial charge in [0.15, 0.2) is 0 Å². The first-order chi connectivity index (χ1) is 15.9. The Morgan fingerprint density at radius 3 is 2.61 bits per heavy atom. The molecular weight excluding hydrogens is 458 g/mol. The molecule has 1 spiro atoms. The standard InChI is InChI=1S/C25H20ClN3O3S/c1-16-7-2-4-11-20(16)27-22(30)14-28-21-12-5-3-10-19(21)25(24(28)32)29(23(31)15-33-25)18-9-6-8-17(26)13-18/h2-13H,14-15H2,1H3,(H,27,30)/t25-/m0/s1. The summed E-state index contributed by atoms with van der Waals surface area (Å²) in [5.41, 5.74) is 3.49. The highest BCUT2D eigenvalue weighted by Gasteiger charge is 2.61. The minimum absolute atomic E-state index is 0.149. The van der Waals surface area contributed by atoms with Crippen LogP contribution in [0.3, 0.4) is 0 Å². The van der Waals surface area contributed by atoms with Gasteiger partial charge in [0.25, 0.3) is 5.91 Å². The molecule has 2 aliphatic rings. The second-order valence-corrected chi connectivity index (χ2v) is 9.52. The summed E-state index contributed by atoms with van der Waals surface area (Å²) in [4.78, 5) is 41.6. The Bertz CT molecular complexity index is 1300. The zero-order chi connectivity index (χ0) is 23.2. The Morgan fingerprint density at radius 1 is 1.06 bits per heavy atom. The van der Waals surface area contributed by atoms with Crippen LogP contribution in [0.25, 0.3) is 0 Å². The maximum atomic E-state index is 14.0. The van der Waals surface area contributed by atoms with Crippen LogP contribution in [-0.2, 0) is 19.3 Å². The van der Waals surface area contributed by atoms with Crippen LogP contribution in [0.2, 0.25) is 5.02 Å². The number of halogens is 1.